The average molecular weight is 921 g/mol. The number of aryl methyl sites for hydroxylation is 4. The summed E-state index contributed by atoms with van der Waals surface area (Å²) in [4.78, 5) is 12.9. The Labute approximate surface area is 375 Å². The predicted octanol–water partition coefficient (Wildman–Crippen LogP) is 13.6. The Bertz CT molecular complexity index is 2040. The second-order valence-corrected chi connectivity index (χ2v) is 24.0. The van der Waals surface area contributed by atoms with E-state index in [-0.39, 0.29) is 0 Å². The molecule has 0 N–H and O–H groups in total. The molecule has 0 atom stereocenters. The van der Waals surface area contributed by atoms with Gasteiger partial charge in [-0.15, -0.1) is 22.7 Å². The molecule has 0 aliphatic heterocycles. The summed E-state index contributed by atoms with van der Waals surface area (Å²) < 4.78 is 40.0. The van der Waals surface area contributed by atoms with E-state index in [1.165, 1.54) is 52.6 Å². The number of hydrogen-bond acceptors (Lipinski definition) is 12. The maximum atomic E-state index is 6.28. The van der Waals surface area contributed by atoms with Gasteiger partial charge in [0.1, 0.15) is 10.0 Å². The quantitative estimate of drug-likeness (QED) is 0.0409. The van der Waals surface area contributed by atoms with Crippen molar-refractivity contribution in [3.8, 4) is 21.1 Å². The van der Waals surface area contributed by atoms with E-state index in [2.05, 4.69) is 86.6 Å². The minimum absolute atomic E-state index is 0.568. The van der Waals surface area contributed by atoms with Crippen LogP contribution >= 0.6 is 44.3 Å². The number of fused-ring (bicyclic) bond motifs is 2. The number of para-hydroxylation sites is 2. The minimum Gasteiger partial charge on any atom is -0.374 e. The van der Waals surface area contributed by atoms with Crippen LogP contribution in [0.2, 0.25) is 12.1 Å². The Morgan fingerprint density at radius 3 is 1.17 bits per heavy atom. The van der Waals surface area contributed by atoms with Crippen LogP contribution in [0.15, 0.2) is 82.6 Å². The van der Waals surface area contributed by atoms with Gasteiger partial charge in [-0.05, 0) is 128 Å². The van der Waals surface area contributed by atoms with Gasteiger partial charge in [0.15, 0.2) is 0 Å². The number of benzene rings is 4. The molecule has 0 aliphatic rings. The molecule has 0 spiro atoms. The monoisotopic (exact) mass is 920 g/mol. The number of hydrogen-bond donors (Lipinski definition) is 0. The number of rotatable bonds is 25. The molecule has 0 radical (unpaired) electrons. The SMILES string of the molecule is CCO[Si](CCCc1ccc(C)c(-c2nc3ccccc3s2)c1SSc1c(CCC[Si](OCC)(OCC)OCC)ccc(C)c1-c1nc2ccccc2s1)(OCC)OCC. The van der Waals surface area contributed by atoms with Gasteiger partial charge in [0.25, 0.3) is 0 Å². The molecule has 0 aliphatic carbocycles. The van der Waals surface area contributed by atoms with E-state index in [0.29, 0.717) is 39.6 Å². The van der Waals surface area contributed by atoms with Crippen molar-refractivity contribution in [1.29, 1.82) is 0 Å². The van der Waals surface area contributed by atoms with E-state index >= 15 is 0 Å². The molecule has 0 bridgehead atoms. The van der Waals surface area contributed by atoms with Crippen LogP contribution in [0.5, 0.6) is 0 Å². The van der Waals surface area contributed by atoms with Crippen LogP contribution in [-0.2, 0) is 39.4 Å². The molecule has 4 aromatic carbocycles. The van der Waals surface area contributed by atoms with Gasteiger partial charge in [-0.25, -0.2) is 9.97 Å². The molecule has 0 fully saturated rings. The first-order valence-corrected chi connectivity index (χ1v) is 29.0. The lowest BCUT2D eigenvalue weighted by Crippen LogP contribution is -2.46. The molecule has 0 unspecified atom stereocenters. The van der Waals surface area contributed by atoms with Crippen molar-refractivity contribution >= 4 is 82.3 Å². The van der Waals surface area contributed by atoms with Gasteiger partial charge in [0.05, 0.1) is 20.4 Å². The van der Waals surface area contributed by atoms with Gasteiger partial charge in [0, 0.05) is 72.6 Å². The van der Waals surface area contributed by atoms with Gasteiger partial charge < -0.3 is 26.6 Å². The molecule has 0 saturated heterocycles. The first-order valence-electron chi connectivity index (χ1n) is 21.4. The summed E-state index contributed by atoms with van der Waals surface area (Å²) in [5.74, 6) is 0. The second kappa shape index (κ2) is 22.8. The van der Waals surface area contributed by atoms with Crippen LogP contribution in [-0.4, -0.2) is 67.2 Å². The molecule has 8 nitrogen and oxygen atoms in total. The minimum atomic E-state index is -2.82. The van der Waals surface area contributed by atoms with Gasteiger partial charge in [-0.3, -0.25) is 0 Å². The van der Waals surface area contributed by atoms with E-state index in [4.69, 9.17) is 36.5 Å². The van der Waals surface area contributed by atoms with Crippen molar-refractivity contribution in [3.05, 3.63) is 95.1 Å². The normalized spacial score (nSPS) is 12.3. The Balaban J connectivity index is 1.42. The molecule has 2 heterocycles. The Morgan fingerprint density at radius 1 is 0.483 bits per heavy atom. The van der Waals surface area contributed by atoms with Gasteiger partial charge in [-0.2, -0.15) is 0 Å². The molecule has 0 amide bonds. The zero-order valence-electron chi connectivity index (χ0n) is 36.4. The van der Waals surface area contributed by atoms with Crippen molar-refractivity contribution in [1.82, 2.24) is 9.97 Å². The van der Waals surface area contributed by atoms with Gasteiger partial charge in [0.2, 0.25) is 0 Å². The zero-order valence-corrected chi connectivity index (χ0v) is 41.7. The average Bonchev–Trinajstić information content (AvgIpc) is 3.86. The summed E-state index contributed by atoms with van der Waals surface area (Å²) in [5, 5.41) is 2.08. The summed E-state index contributed by atoms with van der Waals surface area (Å²) in [6, 6.07) is 27.5. The standard InChI is InChI=1S/C46H60N2O6S4Si2/c1-9-49-59(50-10-2,51-11-3)31-19-21-35-29-27-33(7)41(45-47-37-23-15-17-25-39(37)55-45)43(35)57-58-44-36(22-20-32-60(52-12-4,53-13-5)54-14-6)30-28-34(8)42(44)46-48-38-24-16-18-26-40(38)56-46/h15-18,23-30H,9-14,19-22,31-32H2,1-8H3. The fraction of sp³-hybridized carbons (Fsp3) is 0.435. The Kier molecular flexibility index (Phi) is 17.9. The molecular weight excluding hydrogens is 861 g/mol. The highest BCUT2D eigenvalue weighted by Gasteiger charge is 2.41. The lowest BCUT2D eigenvalue weighted by atomic mass is 10.0. The highest BCUT2D eigenvalue weighted by Crippen LogP contribution is 2.51. The second-order valence-electron chi connectivity index (χ2n) is 14.3. The summed E-state index contributed by atoms with van der Waals surface area (Å²) in [6.45, 7) is 20.0. The Morgan fingerprint density at radius 2 is 0.833 bits per heavy atom. The van der Waals surface area contributed by atoms with Crippen molar-refractivity contribution in [3.63, 3.8) is 0 Å². The number of nitrogens with zero attached hydrogens (tertiary/aromatic N) is 2. The summed E-state index contributed by atoms with van der Waals surface area (Å²) >= 11 is 3.53. The highest BCUT2D eigenvalue weighted by atomic mass is 33.1. The lowest BCUT2D eigenvalue weighted by molar-refractivity contribution is 0.0700. The van der Waals surface area contributed by atoms with Gasteiger partial charge >= 0.3 is 17.6 Å². The Hall–Kier alpha value is -2.45. The third kappa shape index (κ3) is 11.4. The van der Waals surface area contributed by atoms with Crippen LogP contribution < -0.4 is 0 Å². The van der Waals surface area contributed by atoms with Crippen molar-refractivity contribution < 1.29 is 26.6 Å². The fourth-order valence-electron chi connectivity index (χ4n) is 7.60. The van der Waals surface area contributed by atoms with Crippen molar-refractivity contribution in [2.75, 3.05) is 39.6 Å². The maximum absolute atomic E-state index is 6.28. The fourth-order valence-corrected chi connectivity index (χ4v) is 18.2. The van der Waals surface area contributed by atoms with Gasteiger partial charge in [-0.1, -0.05) is 70.1 Å². The van der Waals surface area contributed by atoms with E-state index in [1.807, 2.05) is 63.1 Å². The van der Waals surface area contributed by atoms with Crippen LogP contribution in [0, 0.1) is 13.8 Å². The largest absolute Gasteiger partial charge is 0.500 e. The molecular formula is C46H60N2O6S4Si2. The summed E-state index contributed by atoms with van der Waals surface area (Å²) in [6.07, 6.45) is 3.47. The molecule has 2 aromatic heterocycles. The maximum Gasteiger partial charge on any atom is 0.500 e. The first-order chi connectivity index (χ1) is 29.2. The van der Waals surface area contributed by atoms with Crippen molar-refractivity contribution in [2.24, 2.45) is 0 Å². The summed E-state index contributed by atoms with van der Waals surface area (Å²) in [7, 11) is -1.94. The van der Waals surface area contributed by atoms with Crippen molar-refractivity contribution in [2.45, 2.75) is 103 Å². The van der Waals surface area contributed by atoms with Crippen LogP contribution in [0.25, 0.3) is 41.6 Å². The summed E-state index contributed by atoms with van der Waals surface area (Å²) in [5.41, 5.74) is 9.45. The van der Waals surface area contributed by atoms with E-state index < -0.39 is 17.6 Å². The van der Waals surface area contributed by atoms with Crippen LogP contribution in [0.3, 0.4) is 0 Å². The molecule has 322 valence electrons. The lowest BCUT2D eigenvalue weighted by Gasteiger charge is -2.28. The predicted molar refractivity (Wildman–Crippen MR) is 259 cm³/mol. The third-order valence-electron chi connectivity index (χ3n) is 10.2. The molecule has 6 rings (SSSR count). The molecule has 0 saturated carbocycles. The number of aromatic nitrogens is 2. The third-order valence-corrected chi connectivity index (χ3v) is 21.2. The van der Waals surface area contributed by atoms with E-state index in [1.54, 1.807) is 22.7 Å². The molecule has 60 heavy (non-hydrogen) atoms. The highest BCUT2D eigenvalue weighted by molar-refractivity contribution is 8.76. The van der Waals surface area contributed by atoms with E-state index in [0.717, 1.165) is 58.8 Å². The first kappa shape index (κ1) is 47.0. The van der Waals surface area contributed by atoms with Crippen LogP contribution in [0.1, 0.15) is 76.6 Å². The topological polar surface area (TPSA) is 81.2 Å². The number of thiazole rings is 2. The molecule has 6 aromatic rings. The van der Waals surface area contributed by atoms with E-state index in [9.17, 15) is 0 Å². The molecule has 14 heteroatoms. The van der Waals surface area contributed by atoms with Crippen LogP contribution in [0.4, 0.5) is 0 Å². The smallest absolute Gasteiger partial charge is 0.374 e. The zero-order chi connectivity index (χ0) is 42.5.